The molecule has 0 aromatic carbocycles. The van der Waals surface area contributed by atoms with E-state index in [-0.39, 0.29) is 22.4 Å². The molecule has 0 N–H and O–H groups in total. The zero-order valence-corrected chi connectivity index (χ0v) is 5.55. The number of rotatable bonds is 1. The summed E-state index contributed by atoms with van der Waals surface area (Å²) in [5, 5.41) is 9.13. The van der Waals surface area contributed by atoms with Crippen molar-refractivity contribution >= 4 is 21.9 Å². The summed E-state index contributed by atoms with van der Waals surface area (Å²) in [6, 6.07) is 0. The summed E-state index contributed by atoms with van der Waals surface area (Å²) in [6.45, 7) is 0. The molecule has 0 aliphatic heterocycles. The molecule has 0 saturated carbocycles. The van der Waals surface area contributed by atoms with Crippen LogP contribution in [0.1, 0.15) is 0 Å². The minimum atomic E-state index is -1.08. The first-order chi connectivity index (χ1) is 2.27. The molecule has 0 aliphatic carbocycles. The molecule has 35 valence electrons. The number of carbonyl (C=O) groups is 1. The Morgan fingerprint density at radius 3 is 2.00 bits per heavy atom. The molecule has 1 radical (unpaired) electrons. The summed E-state index contributed by atoms with van der Waals surface area (Å²) in [5.74, 6) is -1.08. The van der Waals surface area contributed by atoms with Crippen molar-refractivity contribution in [3.8, 4) is 0 Å². The fourth-order valence-electron chi connectivity index (χ4n) is 0. The van der Waals surface area contributed by atoms with Crippen LogP contribution in [0.4, 0.5) is 0 Å². The molecule has 0 unspecified atom stereocenters. The second-order valence-electron chi connectivity index (χ2n) is 0.506. The third kappa shape index (κ3) is 8.82. The van der Waals surface area contributed by atoms with Crippen LogP contribution in [0, 0.1) is 0 Å². The van der Waals surface area contributed by atoms with Crippen LogP contribution in [-0.4, -0.2) is 11.3 Å². The van der Waals surface area contributed by atoms with Crippen LogP contribution < -0.4 is 5.11 Å². The Balaban J connectivity index is 0. The first-order valence-corrected chi connectivity index (χ1v) is 2.15. The average molecular weight is 193 g/mol. The van der Waals surface area contributed by atoms with Gasteiger partial charge in [0.15, 0.2) is 0 Å². The number of hydrogen-bond acceptors (Lipinski definition) is 2. The molecule has 0 atom stereocenters. The van der Waals surface area contributed by atoms with Crippen LogP contribution >= 0.6 is 15.9 Å². The van der Waals surface area contributed by atoms with E-state index >= 15 is 0 Å². The number of carbonyl (C=O) groups excluding carboxylic acids is 1. The summed E-state index contributed by atoms with van der Waals surface area (Å²) in [7, 11) is 0. The monoisotopic (exact) mass is 192 g/mol. The number of carboxylic acid groups (broad SMARTS) is 1. The Morgan fingerprint density at radius 1 is 1.83 bits per heavy atom. The predicted molar refractivity (Wildman–Crippen MR) is 18.8 cm³/mol. The van der Waals surface area contributed by atoms with Gasteiger partial charge in [0, 0.05) is 5.33 Å². The van der Waals surface area contributed by atoms with E-state index in [2.05, 4.69) is 15.9 Å². The van der Waals surface area contributed by atoms with Crippen molar-refractivity contribution in [2.75, 3.05) is 5.33 Å². The third-order valence-corrected chi connectivity index (χ3v) is 0.567. The van der Waals surface area contributed by atoms with Crippen LogP contribution in [0.5, 0.6) is 0 Å². The van der Waals surface area contributed by atoms with Crippen molar-refractivity contribution in [2.24, 2.45) is 0 Å². The molecule has 6 heavy (non-hydrogen) atoms. The standard InChI is InChI=1S/C2H3BrO2.Mn/c3-1-2(4)5;/h1H2,(H,4,5);/q;+2/p-1. The molecule has 0 aromatic rings. The minimum Gasteiger partial charge on any atom is -0.549 e. The van der Waals surface area contributed by atoms with Crippen molar-refractivity contribution in [3.05, 3.63) is 0 Å². The van der Waals surface area contributed by atoms with Crippen LogP contribution in [0.25, 0.3) is 0 Å². The van der Waals surface area contributed by atoms with Gasteiger partial charge in [-0.25, -0.2) is 0 Å². The second kappa shape index (κ2) is 5.47. The van der Waals surface area contributed by atoms with E-state index in [1.54, 1.807) is 0 Å². The van der Waals surface area contributed by atoms with Crippen molar-refractivity contribution in [1.29, 1.82) is 0 Å². The molecule has 0 saturated heterocycles. The average Bonchev–Trinajstić information content (AvgIpc) is 1.38. The Morgan fingerprint density at radius 2 is 2.00 bits per heavy atom. The molecule has 0 rings (SSSR count). The van der Waals surface area contributed by atoms with Gasteiger partial charge in [0.05, 0.1) is 5.97 Å². The fourth-order valence-corrected chi connectivity index (χ4v) is 0. The van der Waals surface area contributed by atoms with Gasteiger partial charge in [0.2, 0.25) is 0 Å². The molecule has 0 heterocycles. The Hall–Kier alpha value is 0.469. The Labute approximate surface area is 54.5 Å². The largest absolute Gasteiger partial charge is 2.00 e. The summed E-state index contributed by atoms with van der Waals surface area (Å²) in [6.07, 6.45) is 0. The quantitative estimate of drug-likeness (QED) is 0.401. The van der Waals surface area contributed by atoms with Crippen LogP contribution in [-0.2, 0) is 21.9 Å². The first-order valence-electron chi connectivity index (χ1n) is 1.03. The maximum Gasteiger partial charge on any atom is 2.00 e. The van der Waals surface area contributed by atoms with Crippen molar-refractivity contribution in [1.82, 2.24) is 0 Å². The fraction of sp³-hybridized carbons (Fsp3) is 0.500. The molecule has 0 aliphatic rings. The zero-order valence-electron chi connectivity index (χ0n) is 2.78. The Bertz CT molecular complexity index is 46.8. The van der Waals surface area contributed by atoms with Gasteiger partial charge in [0.1, 0.15) is 0 Å². The van der Waals surface area contributed by atoms with E-state index in [1.807, 2.05) is 0 Å². The van der Waals surface area contributed by atoms with E-state index in [0.29, 0.717) is 0 Å². The molecule has 0 bridgehead atoms. The van der Waals surface area contributed by atoms with Gasteiger partial charge < -0.3 is 9.90 Å². The summed E-state index contributed by atoms with van der Waals surface area (Å²) < 4.78 is 0. The zero-order chi connectivity index (χ0) is 4.28. The van der Waals surface area contributed by atoms with E-state index in [4.69, 9.17) is 0 Å². The maximum absolute atomic E-state index is 9.21. The Kier molecular flexibility index (Phi) is 8.83. The molecular formula is C2H2BrMnO2+. The number of hydrogen-bond donors (Lipinski definition) is 0. The smallest absolute Gasteiger partial charge is 0.549 e. The SMILES string of the molecule is O=C([O-])CBr.[Mn+2]. The third-order valence-electron chi connectivity index (χ3n) is 0.109. The van der Waals surface area contributed by atoms with E-state index in [0.717, 1.165) is 0 Å². The van der Waals surface area contributed by atoms with Gasteiger partial charge in [0.25, 0.3) is 0 Å². The van der Waals surface area contributed by atoms with Crippen LogP contribution in [0.3, 0.4) is 0 Å². The van der Waals surface area contributed by atoms with E-state index in [9.17, 15) is 9.90 Å². The van der Waals surface area contributed by atoms with Gasteiger partial charge in [-0.2, -0.15) is 0 Å². The molecule has 2 nitrogen and oxygen atoms in total. The molecule has 0 fully saturated rings. The van der Waals surface area contributed by atoms with Gasteiger partial charge >= 0.3 is 17.1 Å². The number of aliphatic carboxylic acids is 1. The number of halogens is 1. The van der Waals surface area contributed by atoms with Crippen molar-refractivity contribution in [2.45, 2.75) is 0 Å². The van der Waals surface area contributed by atoms with Gasteiger partial charge in [-0.1, -0.05) is 15.9 Å². The summed E-state index contributed by atoms with van der Waals surface area (Å²) in [4.78, 5) is 9.21. The minimum absolute atomic E-state index is 0. The molecule has 0 amide bonds. The van der Waals surface area contributed by atoms with Crippen LogP contribution in [0.2, 0.25) is 0 Å². The molecular weight excluding hydrogens is 191 g/mol. The van der Waals surface area contributed by atoms with Gasteiger partial charge in [-0.05, 0) is 0 Å². The van der Waals surface area contributed by atoms with Gasteiger partial charge in [-0.3, -0.25) is 0 Å². The summed E-state index contributed by atoms with van der Waals surface area (Å²) in [5.41, 5.74) is 0. The number of alkyl halides is 1. The summed E-state index contributed by atoms with van der Waals surface area (Å²) >= 11 is 2.65. The topological polar surface area (TPSA) is 40.1 Å². The predicted octanol–water partition coefficient (Wildman–Crippen LogP) is -0.871. The van der Waals surface area contributed by atoms with Gasteiger partial charge in [-0.15, -0.1) is 0 Å². The van der Waals surface area contributed by atoms with Crippen LogP contribution in [0.15, 0.2) is 0 Å². The first kappa shape index (κ1) is 9.69. The van der Waals surface area contributed by atoms with E-state index < -0.39 is 5.97 Å². The number of carboxylic acids is 1. The van der Waals surface area contributed by atoms with E-state index in [1.165, 1.54) is 0 Å². The second-order valence-corrected chi connectivity index (χ2v) is 1.07. The van der Waals surface area contributed by atoms with Crippen molar-refractivity contribution in [3.63, 3.8) is 0 Å². The maximum atomic E-state index is 9.21. The molecule has 4 heteroatoms. The van der Waals surface area contributed by atoms with Crippen molar-refractivity contribution < 1.29 is 27.0 Å². The molecule has 0 spiro atoms. The molecule has 0 aromatic heterocycles. The normalized spacial score (nSPS) is 6.17.